The Morgan fingerprint density at radius 1 is 1.56 bits per heavy atom. The van der Waals surface area contributed by atoms with Gasteiger partial charge in [0.25, 0.3) is 0 Å². The molecule has 0 aromatic heterocycles. The Morgan fingerprint density at radius 2 is 2.56 bits per heavy atom. The number of rotatable bonds is 0. The molecule has 1 atom stereocenters. The summed E-state index contributed by atoms with van der Waals surface area (Å²) < 4.78 is 0. The number of hydrogen-bond acceptors (Lipinski definition) is 3. The van der Waals surface area contributed by atoms with Crippen LogP contribution in [0, 0.1) is 0 Å². The van der Waals surface area contributed by atoms with Crippen LogP contribution in [-0.2, 0) is 0 Å². The fourth-order valence-corrected chi connectivity index (χ4v) is 0.919. The van der Waals surface area contributed by atoms with Crippen molar-refractivity contribution in [3.63, 3.8) is 0 Å². The second-order valence-electron chi connectivity index (χ2n) is 1.99. The summed E-state index contributed by atoms with van der Waals surface area (Å²) in [6.45, 7) is 0. The van der Waals surface area contributed by atoms with Crippen LogP contribution in [-0.4, -0.2) is 12.4 Å². The van der Waals surface area contributed by atoms with Crippen molar-refractivity contribution < 1.29 is 0 Å². The molecule has 0 aromatic rings. The molecule has 9 heavy (non-hydrogen) atoms. The van der Waals surface area contributed by atoms with E-state index in [2.05, 4.69) is 15.8 Å². The minimum absolute atomic E-state index is 0.148. The first kappa shape index (κ1) is 4.76. The maximum absolute atomic E-state index is 4.14. The van der Waals surface area contributed by atoms with Crippen molar-refractivity contribution in [1.82, 2.24) is 10.9 Å². The summed E-state index contributed by atoms with van der Waals surface area (Å²) in [5.74, 6) is 0. The van der Waals surface area contributed by atoms with Gasteiger partial charge in [-0.15, -0.1) is 0 Å². The molecule has 0 bridgehead atoms. The molecule has 0 radical (unpaired) electrons. The number of fused-ring (bicyclic) bond motifs is 1. The zero-order valence-electron chi connectivity index (χ0n) is 4.83. The van der Waals surface area contributed by atoms with Gasteiger partial charge in [-0.3, -0.25) is 4.99 Å². The molecule has 0 amide bonds. The minimum atomic E-state index is 0.148. The van der Waals surface area contributed by atoms with Gasteiger partial charge in [0.2, 0.25) is 0 Å². The molecule has 0 aliphatic carbocycles. The van der Waals surface area contributed by atoms with E-state index in [1.165, 1.54) is 5.57 Å². The molecule has 2 heterocycles. The third kappa shape index (κ3) is 0.658. The van der Waals surface area contributed by atoms with Crippen LogP contribution in [0.4, 0.5) is 0 Å². The van der Waals surface area contributed by atoms with Crippen molar-refractivity contribution in [3.05, 3.63) is 23.9 Å². The number of hydrazine groups is 1. The average Bonchev–Trinajstić information content (AvgIpc) is 2.33. The van der Waals surface area contributed by atoms with Gasteiger partial charge in [0.05, 0.1) is 0 Å². The van der Waals surface area contributed by atoms with Crippen molar-refractivity contribution in [3.8, 4) is 0 Å². The second-order valence-corrected chi connectivity index (χ2v) is 1.99. The van der Waals surface area contributed by atoms with E-state index < -0.39 is 0 Å². The number of allylic oxidation sites excluding steroid dienone is 1. The first-order valence-electron chi connectivity index (χ1n) is 2.88. The van der Waals surface area contributed by atoms with Crippen molar-refractivity contribution in [2.75, 3.05) is 0 Å². The summed E-state index contributed by atoms with van der Waals surface area (Å²) >= 11 is 0. The lowest BCUT2D eigenvalue weighted by atomic mass is 10.2. The van der Waals surface area contributed by atoms with Crippen molar-refractivity contribution >= 4 is 6.21 Å². The second kappa shape index (κ2) is 1.70. The highest BCUT2D eigenvalue weighted by Crippen LogP contribution is 2.10. The van der Waals surface area contributed by atoms with Gasteiger partial charge in [-0.1, -0.05) is 6.08 Å². The Bertz CT molecular complexity index is 200. The van der Waals surface area contributed by atoms with Gasteiger partial charge >= 0.3 is 0 Å². The monoisotopic (exact) mass is 121 g/mol. The van der Waals surface area contributed by atoms with E-state index in [1.54, 1.807) is 6.21 Å². The Morgan fingerprint density at radius 3 is 3.44 bits per heavy atom. The van der Waals surface area contributed by atoms with Crippen molar-refractivity contribution in [1.29, 1.82) is 0 Å². The molecule has 0 saturated heterocycles. The number of dihydropyridines is 1. The van der Waals surface area contributed by atoms with Crippen LogP contribution in [0.3, 0.4) is 0 Å². The molecule has 46 valence electrons. The Hall–Kier alpha value is -1.09. The normalized spacial score (nSPS) is 29.3. The third-order valence-electron chi connectivity index (χ3n) is 1.38. The number of nitrogens with zero attached hydrogens (tertiary/aromatic N) is 1. The van der Waals surface area contributed by atoms with E-state index in [0.717, 1.165) is 0 Å². The summed E-state index contributed by atoms with van der Waals surface area (Å²) in [6, 6.07) is 0. The fourth-order valence-electron chi connectivity index (χ4n) is 0.919. The molecule has 0 fully saturated rings. The van der Waals surface area contributed by atoms with Gasteiger partial charge in [0.15, 0.2) is 0 Å². The van der Waals surface area contributed by atoms with Crippen LogP contribution >= 0.6 is 0 Å². The zero-order chi connectivity index (χ0) is 6.10. The van der Waals surface area contributed by atoms with E-state index >= 15 is 0 Å². The highest BCUT2D eigenvalue weighted by Gasteiger charge is 2.14. The largest absolute Gasteiger partial charge is 0.326 e. The maximum Gasteiger partial charge on any atom is 0.143 e. The Labute approximate surface area is 53.1 Å². The first-order chi connectivity index (χ1) is 4.47. The molecule has 2 aliphatic rings. The van der Waals surface area contributed by atoms with Crippen LogP contribution < -0.4 is 10.9 Å². The van der Waals surface area contributed by atoms with Crippen molar-refractivity contribution in [2.24, 2.45) is 4.99 Å². The first-order valence-corrected chi connectivity index (χ1v) is 2.88. The average molecular weight is 121 g/mol. The molecule has 2 N–H and O–H groups in total. The lowest BCUT2D eigenvalue weighted by Gasteiger charge is -2.07. The molecular formula is C6H7N3. The number of hydrogen-bond donors (Lipinski definition) is 2. The molecule has 0 spiro atoms. The van der Waals surface area contributed by atoms with Crippen LogP contribution in [0.2, 0.25) is 0 Å². The molecule has 0 aromatic carbocycles. The lowest BCUT2D eigenvalue weighted by molar-refractivity contribution is 0.596. The molecule has 0 saturated carbocycles. The van der Waals surface area contributed by atoms with Crippen LogP contribution in [0.1, 0.15) is 0 Å². The number of aliphatic imine (C=N–C) groups is 1. The van der Waals surface area contributed by atoms with E-state index in [0.29, 0.717) is 0 Å². The Balaban J connectivity index is 2.33. The highest BCUT2D eigenvalue weighted by atomic mass is 15.4. The Kier molecular flexibility index (Phi) is 0.899. The number of nitrogens with one attached hydrogen (secondary N) is 2. The molecule has 2 rings (SSSR count). The summed E-state index contributed by atoms with van der Waals surface area (Å²) in [5.41, 5.74) is 7.05. The van der Waals surface area contributed by atoms with E-state index in [1.807, 2.05) is 18.4 Å². The lowest BCUT2D eigenvalue weighted by Crippen LogP contribution is -2.30. The molecular weight excluding hydrogens is 114 g/mol. The minimum Gasteiger partial charge on any atom is -0.326 e. The van der Waals surface area contributed by atoms with E-state index in [9.17, 15) is 0 Å². The quantitative estimate of drug-likeness (QED) is 0.471. The molecule has 3 nitrogen and oxygen atoms in total. The smallest absolute Gasteiger partial charge is 0.143 e. The molecule has 3 heteroatoms. The predicted octanol–water partition coefficient (Wildman–Crippen LogP) is -0.0552. The van der Waals surface area contributed by atoms with Crippen LogP contribution in [0.5, 0.6) is 0 Å². The van der Waals surface area contributed by atoms with Crippen LogP contribution in [0.25, 0.3) is 0 Å². The third-order valence-corrected chi connectivity index (χ3v) is 1.38. The fraction of sp³-hybridized carbons (Fsp3) is 0.167. The van der Waals surface area contributed by atoms with Gasteiger partial charge in [-0.05, 0) is 6.08 Å². The van der Waals surface area contributed by atoms with Crippen molar-refractivity contribution in [2.45, 2.75) is 6.17 Å². The summed E-state index contributed by atoms with van der Waals surface area (Å²) in [6.07, 6.45) is 7.82. The van der Waals surface area contributed by atoms with Gasteiger partial charge in [-0.2, -0.15) is 0 Å². The maximum atomic E-state index is 4.14. The summed E-state index contributed by atoms with van der Waals surface area (Å²) in [5, 5.41) is 0. The SMILES string of the molecule is C1=CC2=CNNC2N=C1. The zero-order valence-corrected chi connectivity index (χ0v) is 4.83. The molecule has 1 unspecified atom stereocenters. The summed E-state index contributed by atoms with van der Waals surface area (Å²) in [7, 11) is 0. The van der Waals surface area contributed by atoms with E-state index in [-0.39, 0.29) is 6.17 Å². The van der Waals surface area contributed by atoms with E-state index in [4.69, 9.17) is 0 Å². The van der Waals surface area contributed by atoms with Crippen LogP contribution in [0.15, 0.2) is 28.9 Å². The topological polar surface area (TPSA) is 36.4 Å². The van der Waals surface area contributed by atoms with Gasteiger partial charge in [0.1, 0.15) is 6.17 Å². The van der Waals surface area contributed by atoms with Gasteiger partial charge in [0, 0.05) is 18.0 Å². The highest BCUT2D eigenvalue weighted by molar-refractivity contribution is 5.74. The summed E-state index contributed by atoms with van der Waals surface area (Å²) in [4.78, 5) is 4.14. The van der Waals surface area contributed by atoms with Gasteiger partial charge in [-0.25, -0.2) is 5.43 Å². The predicted molar refractivity (Wildman–Crippen MR) is 35.8 cm³/mol. The molecule has 2 aliphatic heterocycles. The van der Waals surface area contributed by atoms with Gasteiger partial charge < -0.3 is 5.43 Å². The standard InChI is InChI=1S/C6H7N3/c1-2-5-4-8-9-6(5)7-3-1/h1-4,6,8-9H.